The summed E-state index contributed by atoms with van der Waals surface area (Å²) in [7, 11) is 1.98. The van der Waals surface area contributed by atoms with Gasteiger partial charge in [0, 0.05) is 7.05 Å². The fourth-order valence-corrected chi connectivity index (χ4v) is 0.423. The molecule has 0 saturated heterocycles. The Hall–Kier alpha value is -0.730. The van der Waals surface area contributed by atoms with E-state index in [0.717, 1.165) is 0 Å². The van der Waals surface area contributed by atoms with E-state index >= 15 is 0 Å². The summed E-state index contributed by atoms with van der Waals surface area (Å²) in [5.41, 5.74) is 2.86. The predicted octanol–water partition coefficient (Wildman–Crippen LogP) is -0.189. The van der Waals surface area contributed by atoms with Crippen LogP contribution in [-0.4, -0.2) is 24.5 Å². The highest BCUT2D eigenvalue weighted by atomic mass is 15.5. The topological polar surface area (TPSA) is 27.6 Å². The number of hydrogen-bond acceptors (Lipinski definition) is 3. The Morgan fingerprint density at radius 3 is 2.71 bits per heavy atom. The van der Waals surface area contributed by atoms with Crippen molar-refractivity contribution in [2.75, 3.05) is 7.05 Å². The molecule has 7 heavy (non-hydrogen) atoms. The molecule has 3 heteroatoms. The summed E-state index contributed by atoms with van der Waals surface area (Å²) in [6.45, 7) is 2.05. The summed E-state index contributed by atoms with van der Waals surface area (Å²) in [5.74, 6) is 0. The molecule has 0 bridgehead atoms. The number of hydrogen-bond donors (Lipinski definition) is 1. The maximum Gasteiger partial charge on any atom is 0.113 e. The van der Waals surface area contributed by atoms with Gasteiger partial charge in [0.15, 0.2) is 0 Å². The second kappa shape index (κ2) is 1.40. The number of hydrazone groups is 1. The third-order valence-corrected chi connectivity index (χ3v) is 1.11. The Labute approximate surface area is 43.0 Å². The standard InChI is InChI=1S/C4H9N3/c1-4-6-5-3-7(4)2/h3-4,6H,1-2H3. The molecule has 0 spiro atoms. The predicted molar refractivity (Wildman–Crippen MR) is 28.9 cm³/mol. The molecular formula is C4H9N3. The number of rotatable bonds is 0. The molecule has 1 unspecified atom stereocenters. The Kier molecular flexibility index (Phi) is 0.889. The van der Waals surface area contributed by atoms with Gasteiger partial charge in [-0.3, -0.25) is 5.43 Å². The molecule has 1 rings (SSSR count). The van der Waals surface area contributed by atoms with Crippen molar-refractivity contribution in [2.24, 2.45) is 5.10 Å². The quantitative estimate of drug-likeness (QED) is 0.456. The molecule has 1 aliphatic rings. The summed E-state index contributed by atoms with van der Waals surface area (Å²) in [6, 6.07) is 0. The van der Waals surface area contributed by atoms with Crippen LogP contribution in [0.3, 0.4) is 0 Å². The van der Waals surface area contributed by atoms with Gasteiger partial charge >= 0.3 is 0 Å². The van der Waals surface area contributed by atoms with Gasteiger partial charge in [0.2, 0.25) is 0 Å². The number of nitrogens with one attached hydrogen (secondary N) is 1. The second-order valence-corrected chi connectivity index (χ2v) is 1.72. The Bertz CT molecular complexity index is 88.9. The Balaban J connectivity index is 2.45. The third-order valence-electron chi connectivity index (χ3n) is 1.11. The van der Waals surface area contributed by atoms with Crippen LogP contribution in [0.2, 0.25) is 0 Å². The van der Waals surface area contributed by atoms with Crippen molar-refractivity contribution in [3.05, 3.63) is 0 Å². The van der Waals surface area contributed by atoms with Crippen LogP contribution >= 0.6 is 0 Å². The van der Waals surface area contributed by atoms with Crippen molar-refractivity contribution < 1.29 is 0 Å². The molecule has 40 valence electrons. The van der Waals surface area contributed by atoms with Gasteiger partial charge < -0.3 is 4.90 Å². The van der Waals surface area contributed by atoms with Gasteiger partial charge in [-0.05, 0) is 6.92 Å². The zero-order valence-corrected chi connectivity index (χ0v) is 4.55. The van der Waals surface area contributed by atoms with Gasteiger partial charge in [0.25, 0.3) is 0 Å². The van der Waals surface area contributed by atoms with Gasteiger partial charge in [-0.1, -0.05) is 0 Å². The minimum atomic E-state index is 0.375. The molecule has 0 aromatic carbocycles. The van der Waals surface area contributed by atoms with Gasteiger partial charge in [-0.2, -0.15) is 5.10 Å². The van der Waals surface area contributed by atoms with E-state index in [1.807, 2.05) is 18.9 Å². The van der Waals surface area contributed by atoms with Crippen LogP contribution in [0.1, 0.15) is 6.92 Å². The van der Waals surface area contributed by atoms with Crippen LogP contribution in [-0.2, 0) is 0 Å². The van der Waals surface area contributed by atoms with Crippen molar-refractivity contribution in [3.63, 3.8) is 0 Å². The maximum absolute atomic E-state index is 3.80. The van der Waals surface area contributed by atoms with Crippen molar-refractivity contribution in [1.29, 1.82) is 0 Å². The molecular weight excluding hydrogens is 90.1 g/mol. The van der Waals surface area contributed by atoms with Gasteiger partial charge in [-0.15, -0.1) is 0 Å². The molecule has 0 aromatic heterocycles. The molecule has 0 radical (unpaired) electrons. The van der Waals surface area contributed by atoms with Crippen molar-refractivity contribution in [2.45, 2.75) is 13.1 Å². The van der Waals surface area contributed by atoms with E-state index in [-0.39, 0.29) is 0 Å². The van der Waals surface area contributed by atoms with Crippen LogP contribution in [0.5, 0.6) is 0 Å². The molecule has 0 amide bonds. The Morgan fingerprint density at radius 1 is 1.86 bits per heavy atom. The van der Waals surface area contributed by atoms with E-state index in [9.17, 15) is 0 Å². The third kappa shape index (κ3) is 0.656. The van der Waals surface area contributed by atoms with Crippen LogP contribution in [0.25, 0.3) is 0 Å². The van der Waals surface area contributed by atoms with Crippen LogP contribution in [0.4, 0.5) is 0 Å². The van der Waals surface area contributed by atoms with Crippen molar-refractivity contribution >= 4 is 6.34 Å². The molecule has 1 atom stereocenters. The summed E-state index contributed by atoms with van der Waals surface area (Å²) in [5, 5.41) is 3.80. The lowest BCUT2D eigenvalue weighted by Crippen LogP contribution is -2.29. The Morgan fingerprint density at radius 2 is 2.57 bits per heavy atom. The zero-order valence-electron chi connectivity index (χ0n) is 4.55. The first kappa shape index (κ1) is 4.43. The summed E-state index contributed by atoms with van der Waals surface area (Å²) >= 11 is 0. The van der Waals surface area contributed by atoms with Crippen LogP contribution in [0, 0.1) is 0 Å². The normalized spacial score (nSPS) is 28.3. The van der Waals surface area contributed by atoms with Gasteiger partial charge in [0.05, 0.1) is 0 Å². The first-order valence-electron chi connectivity index (χ1n) is 2.31. The second-order valence-electron chi connectivity index (χ2n) is 1.72. The molecule has 1 aliphatic heterocycles. The van der Waals surface area contributed by atoms with Gasteiger partial charge in [0.1, 0.15) is 12.5 Å². The highest BCUT2D eigenvalue weighted by Gasteiger charge is 2.06. The average molecular weight is 99.1 g/mol. The summed E-state index contributed by atoms with van der Waals surface area (Å²) < 4.78 is 0. The number of nitrogens with zero attached hydrogens (tertiary/aromatic N) is 2. The van der Waals surface area contributed by atoms with E-state index in [2.05, 4.69) is 10.5 Å². The van der Waals surface area contributed by atoms with Crippen LogP contribution in [0.15, 0.2) is 5.10 Å². The highest BCUT2D eigenvalue weighted by molar-refractivity contribution is 5.56. The van der Waals surface area contributed by atoms with E-state index in [0.29, 0.717) is 6.17 Å². The average Bonchev–Trinajstić information content (AvgIpc) is 1.91. The first-order valence-corrected chi connectivity index (χ1v) is 2.31. The highest BCUT2D eigenvalue weighted by Crippen LogP contribution is 1.91. The zero-order chi connectivity index (χ0) is 5.28. The molecule has 0 fully saturated rings. The fraction of sp³-hybridized carbons (Fsp3) is 0.750. The summed E-state index contributed by atoms with van der Waals surface area (Å²) in [6.07, 6.45) is 2.14. The summed E-state index contributed by atoms with van der Waals surface area (Å²) in [4.78, 5) is 2.00. The lowest BCUT2D eigenvalue weighted by Gasteiger charge is -2.11. The molecule has 0 aromatic rings. The lowest BCUT2D eigenvalue weighted by atomic mass is 10.6. The maximum atomic E-state index is 3.80. The molecule has 3 nitrogen and oxygen atoms in total. The lowest BCUT2D eigenvalue weighted by molar-refractivity contribution is 0.382. The van der Waals surface area contributed by atoms with E-state index < -0.39 is 0 Å². The van der Waals surface area contributed by atoms with E-state index in [1.54, 1.807) is 6.34 Å². The van der Waals surface area contributed by atoms with Crippen LogP contribution < -0.4 is 5.43 Å². The first-order chi connectivity index (χ1) is 3.30. The molecule has 0 saturated carbocycles. The van der Waals surface area contributed by atoms with E-state index in [4.69, 9.17) is 0 Å². The SMILES string of the molecule is CC1NN=CN1C. The molecule has 1 N–H and O–H groups in total. The monoisotopic (exact) mass is 99.1 g/mol. The minimum Gasteiger partial charge on any atom is -0.343 e. The van der Waals surface area contributed by atoms with E-state index in [1.165, 1.54) is 0 Å². The van der Waals surface area contributed by atoms with Crippen molar-refractivity contribution in [1.82, 2.24) is 10.3 Å². The largest absolute Gasteiger partial charge is 0.343 e. The minimum absolute atomic E-state index is 0.375. The molecule has 0 aliphatic carbocycles. The molecule has 1 heterocycles. The fourth-order valence-electron chi connectivity index (χ4n) is 0.423. The van der Waals surface area contributed by atoms with Crippen molar-refractivity contribution in [3.8, 4) is 0 Å². The smallest absolute Gasteiger partial charge is 0.113 e. The van der Waals surface area contributed by atoms with Gasteiger partial charge in [-0.25, -0.2) is 0 Å².